The Balaban J connectivity index is 1.27. The van der Waals surface area contributed by atoms with Crippen LogP contribution < -0.4 is 5.32 Å². The lowest BCUT2D eigenvalue weighted by Gasteiger charge is -2.15. The van der Waals surface area contributed by atoms with Gasteiger partial charge in [0.1, 0.15) is 11.2 Å². The fourth-order valence-corrected chi connectivity index (χ4v) is 6.59. The normalized spacial score (nSPS) is 12.6. The Kier molecular flexibility index (Phi) is 7.13. The molecule has 0 saturated carbocycles. The highest BCUT2D eigenvalue weighted by Crippen LogP contribution is 2.41. The number of allylic oxidation sites excluding steroid dienone is 2. The van der Waals surface area contributed by atoms with Crippen LogP contribution in [0.4, 0.5) is 0 Å². The van der Waals surface area contributed by atoms with E-state index >= 15 is 0 Å². The summed E-state index contributed by atoms with van der Waals surface area (Å²) < 4.78 is 6.83. The van der Waals surface area contributed by atoms with Crippen molar-refractivity contribution in [1.82, 2.24) is 20.3 Å². The number of hydrogen-bond acceptors (Lipinski definition) is 5. The monoisotopic (exact) mass is 630 g/mol. The van der Waals surface area contributed by atoms with Gasteiger partial charge in [-0.25, -0.2) is 15.0 Å². The molecule has 0 fully saturated rings. The van der Waals surface area contributed by atoms with E-state index < -0.39 is 0 Å². The summed E-state index contributed by atoms with van der Waals surface area (Å²) in [5, 5.41) is 5.55. The van der Waals surface area contributed by atoms with Crippen molar-refractivity contribution in [2.45, 2.75) is 0 Å². The fourth-order valence-electron chi connectivity index (χ4n) is 6.59. The van der Waals surface area contributed by atoms with E-state index in [-0.39, 0.29) is 0 Å². The molecule has 3 heterocycles. The van der Waals surface area contributed by atoms with Crippen LogP contribution in [0.5, 0.6) is 0 Å². The number of dihydropyridines is 1. The summed E-state index contributed by atoms with van der Waals surface area (Å²) in [5.74, 6) is 1.87. The SMILES string of the molecule is C1=CNCC(c2cc(-c3nc(-c4ccccc4)nc(-c4ccccc4)n3)cc(-c3cccc4c3oc3c(-c5ccccc5)cccc34)c2)=C1. The number of rotatable bonds is 6. The van der Waals surface area contributed by atoms with E-state index in [0.717, 1.165) is 73.0 Å². The summed E-state index contributed by atoms with van der Waals surface area (Å²) in [6.45, 7) is 0.719. The van der Waals surface area contributed by atoms with Crippen molar-refractivity contribution in [2.24, 2.45) is 0 Å². The third-order valence-electron chi connectivity index (χ3n) is 8.99. The molecule has 9 rings (SSSR count). The maximum Gasteiger partial charge on any atom is 0.164 e. The van der Waals surface area contributed by atoms with Gasteiger partial charge in [-0.05, 0) is 52.7 Å². The van der Waals surface area contributed by atoms with Crippen LogP contribution in [-0.4, -0.2) is 21.5 Å². The molecule has 5 nitrogen and oxygen atoms in total. The molecule has 8 aromatic rings. The van der Waals surface area contributed by atoms with Crippen LogP contribution >= 0.6 is 0 Å². The summed E-state index contributed by atoms with van der Waals surface area (Å²) in [4.78, 5) is 15.1. The first kappa shape index (κ1) is 28.6. The lowest BCUT2D eigenvalue weighted by Crippen LogP contribution is -2.12. The van der Waals surface area contributed by atoms with E-state index in [9.17, 15) is 0 Å². The van der Waals surface area contributed by atoms with Crippen molar-refractivity contribution in [3.05, 3.63) is 170 Å². The molecule has 0 aliphatic carbocycles. The predicted molar refractivity (Wildman–Crippen MR) is 199 cm³/mol. The average Bonchev–Trinajstić information content (AvgIpc) is 3.58. The van der Waals surface area contributed by atoms with Crippen LogP contribution in [0.25, 0.3) is 83.9 Å². The first-order valence-corrected chi connectivity index (χ1v) is 16.4. The van der Waals surface area contributed by atoms with Crippen LogP contribution in [0.1, 0.15) is 5.56 Å². The Hall–Kier alpha value is -6.59. The molecule has 0 amide bonds. The van der Waals surface area contributed by atoms with E-state index in [4.69, 9.17) is 19.4 Å². The van der Waals surface area contributed by atoms with Gasteiger partial charge in [0, 0.05) is 45.1 Å². The second-order valence-electron chi connectivity index (χ2n) is 12.1. The van der Waals surface area contributed by atoms with Crippen LogP contribution in [0.3, 0.4) is 0 Å². The minimum Gasteiger partial charge on any atom is -0.455 e. The standard InChI is InChI=1S/C44H30N4O/c1-4-13-29(14-5-1)36-20-10-22-38-39-23-11-21-37(41(39)49-40(36)38)34-25-33(32-19-12-24-45-28-32)26-35(27-34)44-47-42(30-15-6-2-7-16-30)46-43(48-44)31-17-8-3-9-18-31/h1-27,45H,28H2. The fraction of sp³-hybridized carbons (Fsp3) is 0.0227. The van der Waals surface area contributed by atoms with Gasteiger partial charge < -0.3 is 9.73 Å². The number of hydrogen-bond donors (Lipinski definition) is 1. The third-order valence-corrected chi connectivity index (χ3v) is 8.99. The maximum atomic E-state index is 6.83. The summed E-state index contributed by atoms with van der Waals surface area (Å²) in [6.07, 6.45) is 6.17. The van der Waals surface area contributed by atoms with Crippen molar-refractivity contribution in [3.8, 4) is 56.4 Å². The summed E-state index contributed by atoms with van der Waals surface area (Å²) >= 11 is 0. The number of furan rings is 1. The minimum absolute atomic E-state index is 0.610. The van der Waals surface area contributed by atoms with E-state index in [0.29, 0.717) is 17.5 Å². The van der Waals surface area contributed by atoms with Gasteiger partial charge >= 0.3 is 0 Å². The van der Waals surface area contributed by atoms with Crippen LogP contribution in [0, 0.1) is 0 Å². The first-order valence-electron chi connectivity index (χ1n) is 16.4. The molecule has 0 spiro atoms. The van der Waals surface area contributed by atoms with Crippen LogP contribution in [-0.2, 0) is 0 Å². The Morgan fingerprint density at radius 1 is 0.449 bits per heavy atom. The highest BCUT2D eigenvalue weighted by Gasteiger charge is 2.19. The zero-order valence-electron chi connectivity index (χ0n) is 26.5. The van der Waals surface area contributed by atoms with Gasteiger partial charge in [-0.3, -0.25) is 0 Å². The topological polar surface area (TPSA) is 63.8 Å². The van der Waals surface area contributed by atoms with Crippen molar-refractivity contribution in [2.75, 3.05) is 6.54 Å². The molecule has 0 atom stereocenters. The molecular formula is C44H30N4O. The molecular weight excluding hydrogens is 601 g/mol. The highest BCUT2D eigenvalue weighted by molar-refractivity contribution is 6.13. The molecule has 1 N–H and O–H groups in total. The average molecular weight is 631 g/mol. The second kappa shape index (κ2) is 12.2. The van der Waals surface area contributed by atoms with Crippen molar-refractivity contribution in [3.63, 3.8) is 0 Å². The molecule has 5 heteroatoms. The van der Waals surface area contributed by atoms with E-state index in [1.54, 1.807) is 0 Å². The molecule has 1 aliphatic heterocycles. The van der Waals surface area contributed by atoms with Gasteiger partial charge in [0.05, 0.1) is 0 Å². The number of nitrogens with one attached hydrogen (secondary N) is 1. The van der Waals surface area contributed by atoms with Gasteiger partial charge in [-0.1, -0.05) is 133 Å². The van der Waals surface area contributed by atoms with Crippen LogP contribution in [0.15, 0.2) is 168 Å². The van der Waals surface area contributed by atoms with Crippen molar-refractivity contribution in [1.29, 1.82) is 0 Å². The molecule has 0 saturated heterocycles. The van der Waals surface area contributed by atoms with Gasteiger partial charge in [-0.15, -0.1) is 0 Å². The minimum atomic E-state index is 0.610. The first-order chi connectivity index (χ1) is 24.3. The van der Waals surface area contributed by atoms with Gasteiger partial charge in [0.2, 0.25) is 0 Å². The van der Waals surface area contributed by atoms with E-state index in [1.807, 2.05) is 79.0 Å². The Morgan fingerprint density at radius 2 is 0.939 bits per heavy atom. The summed E-state index contributed by atoms with van der Waals surface area (Å²) in [6, 6.07) is 50.0. The van der Waals surface area contributed by atoms with E-state index in [2.05, 4.69) is 90.3 Å². The Labute approximate surface area is 284 Å². The lowest BCUT2D eigenvalue weighted by molar-refractivity contribution is 0.671. The predicted octanol–water partition coefficient (Wildman–Crippen LogP) is 10.6. The lowest BCUT2D eigenvalue weighted by atomic mass is 9.94. The quantitative estimate of drug-likeness (QED) is 0.198. The summed E-state index contributed by atoms with van der Waals surface area (Å²) in [5.41, 5.74) is 11.0. The number of aromatic nitrogens is 3. The van der Waals surface area contributed by atoms with Crippen LogP contribution in [0.2, 0.25) is 0 Å². The molecule has 0 unspecified atom stereocenters. The van der Waals surface area contributed by atoms with Gasteiger partial charge in [0.15, 0.2) is 17.5 Å². The summed E-state index contributed by atoms with van der Waals surface area (Å²) in [7, 11) is 0. The van der Waals surface area contributed by atoms with Crippen molar-refractivity contribution < 1.29 is 4.42 Å². The molecule has 232 valence electrons. The number of para-hydroxylation sites is 2. The highest BCUT2D eigenvalue weighted by atomic mass is 16.3. The number of benzene rings is 6. The second-order valence-corrected chi connectivity index (χ2v) is 12.1. The largest absolute Gasteiger partial charge is 0.455 e. The molecule has 1 aliphatic rings. The van der Waals surface area contributed by atoms with Crippen molar-refractivity contribution >= 4 is 27.5 Å². The molecule has 6 aromatic carbocycles. The zero-order valence-corrected chi connectivity index (χ0v) is 26.5. The maximum absolute atomic E-state index is 6.83. The molecule has 0 radical (unpaired) electrons. The molecule has 49 heavy (non-hydrogen) atoms. The molecule has 2 aromatic heterocycles. The number of nitrogens with zero attached hydrogens (tertiary/aromatic N) is 3. The third kappa shape index (κ3) is 5.37. The zero-order chi connectivity index (χ0) is 32.6. The van der Waals surface area contributed by atoms with Gasteiger partial charge in [0.25, 0.3) is 0 Å². The number of fused-ring (bicyclic) bond motifs is 3. The Morgan fingerprint density at radius 3 is 1.49 bits per heavy atom. The Bertz CT molecular complexity index is 2480. The molecule has 0 bridgehead atoms. The van der Waals surface area contributed by atoms with Gasteiger partial charge in [-0.2, -0.15) is 0 Å². The smallest absolute Gasteiger partial charge is 0.164 e. The van der Waals surface area contributed by atoms with E-state index in [1.165, 1.54) is 5.57 Å².